The SMILES string of the molecule is C/C=C/Cc1nc2c(c(=O)n(C)c(=O)n2CCC)n1Cc1ccc(-c2ccccc2-c2nn[nH]n2)cc1. The number of H-pyrrole nitrogens is 1. The lowest BCUT2D eigenvalue weighted by atomic mass is 9.98. The molecule has 3 heterocycles. The molecule has 10 heteroatoms. The summed E-state index contributed by atoms with van der Waals surface area (Å²) in [7, 11) is 1.52. The number of nitrogens with zero attached hydrogens (tertiary/aromatic N) is 7. The average molecular weight is 497 g/mol. The molecule has 0 unspecified atom stereocenters. The Kier molecular flexibility index (Phi) is 6.63. The molecule has 0 saturated heterocycles. The Morgan fingerprint density at radius 3 is 2.43 bits per heavy atom. The second kappa shape index (κ2) is 10.2. The second-order valence-corrected chi connectivity index (χ2v) is 8.84. The molecule has 0 fully saturated rings. The van der Waals surface area contributed by atoms with Crippen molar-refractivity contribution < 1.29 is 0 Å². The van der Waals surface area contributed by atoms with Gasteiger partial charge in [0.15, 0.2) is 11.2 Å². The van der Waals surface area contributed by atoms with Gasteiger partial charge in [-0.25, -0.2) is 9.78 Å². The van der Waals surface area contributed by atoms with E-state index in [4.69, 9.17) is 4.98 Å². The van der Waals surface area contributed by atoms with Gasteiger partial charge in [0.2, 0.25) is 5.82 Å². The van der Waals surface area contributed by atoms with Crippen LogP contribution < -0.4 is 11.2 Å². The number of rotatable bonds is 8. The summed E-state index contributed by atoms with van der Waals surface area (Å²) < 4.78 is 4.71. The van der Waals surface area contributed by atoms with Crippen molar-refractivity contribution in [2.45, 2.75) is 39.8 Å². The van der Waals surface area contributed by atoms with Gasteiger partial charge in [-0.15, -0.1) is 10.2 Å². The number of fused-ring (bicyclic) bond motifs is 1. The van der Waals surface area contributed by atoms with Crippen LogP contribution in [0.1, 0.15) is 31.7 Å². The molecule has 0 aliphatic heterocycles. The van der Waals surface area contributed by atoms with E-state index >= 15 is 0 Å². The van der Waals surface area contributed by atoms with Crippen LogP contribution in [0, 0.1) is 0 Å². The van der Waals surface area contributed by atoms with Gasteiger partial charge in [-0.1, -0.05) is 67.6 Å². The van der Waals surface area contributed by atoms with E-state index in [-0.39, 0.29) is 11.2 Å². The predicted molar refractivity (Wildman–Crippen MR) is 142 cm³/mol. The third-order valence-electron chi connectivity index (χ3n) is 6.41. The molecule has 0 aliphatic carbocycles. The van der Waals surface area contributed by atoms with Crippen molar-refractivity contribution in [3.63, 3.8) is 0 Å². The summed E-state index contributed by atoms with van der Waals surface area (Å²) in [5.41, 5.74) is 4.12. The fraction of sp³-hybridized carbons (Fsp3) is 0.259. The van der Waals surface area contributed by atoms with Gasteiger partial charge in [-0.05, 0) is 35.2 Å². The Labute approximate surface area is 212 Å². The van der Waals surface area contributed by atoms with Crippen LogP contribution in [-0.4, -0.2) is 39.3 Å². The van der Waals surface area contributed by atoms with Crippen LogP contribution in [0.5, 0.6) is 0 Å². The molecule has 0 amide bonds. The second-order valence-electron chi connectivity index (χ2n) is 8.84. The molecule has 0 saturated carbocycles. The number of aryl methyl sites for hydroxylation is 1. The maximum atomic E-state index is 13.2. The summed E-state index contributed by atoms with van der Waals surface area (Å²) in [6, 6.07) is 16.1. The molecule has 0 spiro atoms. The first-order valence-corrected chi connectivity index (χ1v) is 12.3. The number of imidazole rings is 1. The molecule has 2 aromatic carbocycles. The molecule has 5 aromatic rings. The molecule has 0 atom stereocenters. The normalized spacial score (nSPS) is 11.6. The van der Waals surface area contributed by atoms with Gasteiger partial charge in [0.1, 0.15) is 5.82 Å². The summed E-state index contributed by atoms with van der Waals surface area (Å²) in [5, 5.41) is 14.4. The van der Waals surface area contributed by atoms with Crippen molar-refractivity contribution in [2.24, 2.45) is 7.05 Å². The highest BCUT2D eigenvalue weighted by Crippen LogP contribution is 2.30. The van der Waals surface area contributed by atoms with Crippen molar-refractivity contribution in [1.82, 2.24) is 39.3 Å². The van der Waals surface area contributed by atoms with E-state index in [0.29, 0.717) is 36.5 Å². The number of allylic oxidation sites excluding steroid dienone is 2. The van der Waals surface area contributed by atoms with Crippen molar-refractivity contribution >= 4 is 11.2 Å². The maximum Gasteiger partial charge on any atom is 0.332 e. The number of tetrazole rings is 1. The lowest BCUT2D eigenvalue weighted by molar-refractivity contribution is 0.609. The molecule has 0 aliphatic rings. The van der Waals surface area contributed by atoms with Crippen molar-refractivity contribution in [3.8, 4) is 22.5 Å². The molecule has 0 bridgehead atoms. The molecule has 5 rings (SSSR count). The van der Waals surface area contributed by atoms with Gasteiger partial charge < -0.3 is 4.57 Å². The molecule has 10 nitrogen and oxygen atoms in total. The number of aromatic nitrogens is 8. The Morgan fingerprint density at radius 2 is 1.76 bits per heavy atom. The van der Waals surface area contributed by atoms with E-state index in [1.54, 1.807) is 4.57 Å². The zero-order chi connectivity index (χ0) is 25.9. The summed E-state index contributed by atoms with van der Waals surface area (Å²) in [6.45, 7) is 4.90. The number of hydrogen-bond donors (Lipinski definition) is 1. The fourth-order valence-corrected chi connectivity index (χ4v) is 4.55. The predicted octanol–water partition coefficient (Wildman–Crippen LogP) is 3.32. The van der Waals surface area contributed by atoms with E-state index in [1.165, 1.54) is 11.6 Å². The van der Waals surface area contributed by atoms with Crippen LogP contribution in [0.25, 0.3) is 33.7 Å². The smallest absolute Gasteiger partial charge is 0.317 e. The first-order chi connectivity index (χ1) is 18.0. The van der Waals surface area contributed by atoms with Gasteiger partial charge in [-0.3, -0.25) is 13.9 Å². The summed E-state index contributed by atoms with van der Waals surface area (Å²) in [5.74, 6) is 1.28. The minimum absolute atomic E-state index is 0.336. The third kappa shape index (κ3) is 4.42. The van der Waals surface area contributed by atoms with Crippen LogP contribution in [0.15, 0.2) is 70.3 Å². The average Bonchev–Trinajstić information content (AvgIpc) is 3.58. The van der Waals surface area contributed by atoms with E-state index in [2.05, 4.69) is 20.6 Å². The number of benzene rings is 2. The van der Waals surface area contributed by atoms with Gasteiger partial charge in [-0.2, -0.15) is 5.21 Å². The number of aromatic amines is 1. The van der Waals surface area contributed by atoms with Crippen LogP contribution >= 0.6 is 0 Å². The van der Waals surface area contributed by atoms with Crippen molar-refractivity contribution in [3.05, 3.63) is 92.9 Å². The Morgan fingerprint density at radius 1 is 1.00 bits per heavy atom. The Balaban J connectivity index is 1.58. The lowest BCUT2D eigenvalue weighted by Crippen LogP contribution is -2.38. The summed E-state index contributed by atoms with van der Waals surface area (Å²) >= 11 is 0. The number of nitrogens with one attached hydrogen (secondary N) is 1. The van der Waals surface area contributed by atoms with Gasteiger partial charge >= 0.3 is 5.69 Å². The van der Waals surface area contributed by atoms with Crippen LogP contribution in [0.3, 0.4) is 0 Å². The first kappa shape index (κ1) is 24.1. The molecule has 188 valence electrons. The molecule has 3 aromatic heterocycles. The van der Waals surface area contributed by atoms with Crippen molar-refractivity contribution in [2.75, 3.05) is 0 Å². The minimum Gasteiger partial charge on any atom is -0.317 e. The minimum atomic E-state index is -0.341. The zero-order valence-corrected chi connectivity index (χ0v) is 21.0. The standard InChI is InChI=1S/C27H28N8O2/c1-4-6-11-22-28-25-23(26(36)33(3)27(37)34(25)16-5-2)35(22)17-18-12-14-19(15-13-18)20-9-7-8-10-21(20)24-29-31-32-30-24/h4,6-10,12-15H,5,11,16-17H2,1-3H3,(H,29,30,31,32)/b6-4+. The molecule has 1 N–H and O–H groups in total. The van der Waals surface area contributed by atoms with Gasteiger partial charge in [0.25, 0.3) is 5.56 Å². The number of hydrogen-bond acceptors (Lipinski definition) is 6. The lowest BCUT2D eigenvalue weighted by Gasteiger charge is -2.12. The summed E-state index contributed by atoms with van der Waals surface area (Å²) in [6.07, 6.45) is 5.28. The van der Waals surface area contributed by atoms with Crippen LogP contribution in [0.4, 0.5) is 0 Å². The molecular weight excluding hydrogens is 468 g/mol. The molecule has 37 heavy (non-hydrogen) atoms. The van der Waals surface area contributed by atoms with E-state index in [0.717, 1.165) is 34.5 Å². The van der Waals surface area contributed by atoms with Gasteiger partial charge in [0.05, 0.1) is 0 Å². The van der Waals surface area contributed by atoms with E-state index in [9.17, 15) is 9.59 Å². The Bertz CT molecular complexity index is 1690. The Hall–Kier alpha value is -4.60. The third-order valence-corrected chi connectivity index (χ3v) is 6.41. The molecule has 0 radical (unpaired) electrons. The van der Waals surface area contributed by atoms with E-state index in [1.807, 2.05) is 79.1 Å². The largest absolute Gasteiger partial charge is 0.332 e. The maximum absolute atomic E-state index is 13.2. The highest BCUT2D eigenvalue weighted by atomic mass is 16.2. The highest BCUT2D eigenvalue weighted by molar-refractivity contribution is 5.80. The van der Waals surface area contributed by atoms with Crippen LogP contribution in [-0.2, 0) is 26.6 Å². The quantitative estimate of drug-likeness (QED) is 0.330. The topological polar surface area (TPSA) is 116 Å². The monoisotopic (exact) mass is 496 g/mol. The zero-order valence-electron chi connectivity index (χ0n) is 21.0. The summed E-state index contributed by atoms with van der Waals surface area (Å²) in [4.78, 5) is 30.8. The molecular formula is C27H28N8O2. The van der Waals surface area contributed by atoms with Crippen molar-refractivity contribution in [1.29, 1.82) is 0 Å². The first-order valence-electron chi connectivity index (χ1n) is 12.3. The van der Waals surface area contributed by atoms with Crippen LogP contribution in [0.2, 0.25) is 0 Å². The fourth-order valence-electron chi connectivity index (χ4n) is 4.55. The van der Waals surface area contributed by atoms with E-state index < -0.39 is 0 Å². The van der Waals surface area contributed by atoms with Gasteiger partial charge in [0, 0.05) is 32.1 Å². The highest BCUT2D eigenvalue weighted by Gasteiger charge is 2.20.